The zero-order valence-electron chi connectivity index (χ0n) is 17.0. The van der Waals surface area contributed by atoms with Gasteiger partial charge in [0.05, 0.1) is 53.8 Å². The molecule has 10 nitrogen and oxygen atoms in total. The molecule has 0 radical (unpaired) electrons. The van der Waals surface area contributed by atoms with Crippen LogP contribution in [0.25, 0.3) is 10.8 Å². The Bertz CT molecular complexity index is 1500. The second-order valence-electron chi connectivity index (χ2n) is 7.75. The van der Waals surface area contributed by atoms with E-state index in [-0.39, 0.29) is 35.1 Å². The molecule has 11 heteroatoms. The first-order valence-corrected chi connectivity index (χ1v) is 11.2. The van der Waals surface area contributed by atoms with Gasteiger partial charge in [0.2, 0.25) is 9.84 Å². The predicted molar refractivity (Wildman–Crippen MR) is 113 cm³/mol. The highest BCUT2D eigenvalue weighted by atomic mass is 32.2. The normalized spacial score (nSPS) is 15.6. The molecule has 1 aliphatic rings. The highest BCUT2D eigenvalue weighted by Crippen LogP contribution is 2.28. The van der Waals surface area contributed by atoms with Gasteiger partial charge >= 0.3 is 0 Å². The zero-order chi connectivity index (χ0) is 22.5. The average Bonchev–Trinajstić information content (AvgIpc) is 3.21. The third-order valence-corrected chi connectivity index (χ3v) is 7.11. The Balaban J connectivity index is 1.48. The first kappa shape index (κ1) is 20.5. The molecule has 1 saturated heterocycles. The number of benzene rings is 1. The molecule has 0 saturated carbocycles. The minimum Gasteiger partial charge on any atom is -0.379 e. The van der Waals surface area contributed by atoms with E-state index in [2.05, 4.69) is 15.2 Å². The van der Waals surface area contributed by atoms with Crippen molar-refractivity contribution in [3.63, 3.8) is 0 Å². The van der Waals surface area contributed by atoms with E-state index < -0.39 is 15.4 Å². The summed E-state index contributed by atoms with van der Waals surface area (Å²) >= 11 is 0. The van der Waals surface area contributed by atoms with Gasteiger partial charge in [0, 0.05) is 18.6 Å². The Morgan fingerprint density at radius 1 is 1.12 bits per heavy atom. The summed E-state index contributed by atoms with van der Waals surface area (Å²) in [7, 11) is -2.13. The largest absolute Gasteiger partial charge is 0.379 e. The van der Waals surface area contributed by atoms with Crippen LogP contribution < -0.4 is 5.56 Å². The number of aliphatic hydroxyl groups is 1. The second kappa shape index (κ2) is 7.33. The van der Waals surface area contributed by atoms with Crippen LogP contribution >= 0.6 is 0 Å². The summed E-state index contributed by atoms with van der Waals surface area (Å²) < 4.78 is 33.4. The molecule has 0 spiro atoms. The Morgan fingerprint density at radius 2 is 1.94 bits per heavy atom. The third kappa shape index (κ3) is 3.40. The van der Waals surface area contributed by atoms with E-state index in [0.717, 1.165) is 0 Å². The summed E-state index contributed by atoms with van der Waals surface area (Å²) in [6, 6.07) is 9.54. The molecular weight excluding hydrogens is 434 g/mol. The third-order valence-electron chi connectivity index (χ3n) is 5.40. The smallest absolute Gasteiger partial charge is 0.274 e. The van der Waals surface area contributed by atoms with Gasteiger partial charge in [-0.25, -0.2) is 13.1 Å². The minimum absolute atomic E-state index is 0.0577. The Kier molecular flexibility index (Phi) is 4.69. The van der Waals surface area contributed by atoms with Gasteiger partial charge in [0.15, 0.2) is 5.60 Å². The summed E-state index contributed by atoms with van der Waals surface area (Å²) in [5, 5.41) is 19.3. The molecule has 1 aliphatic heterocycles. The van der Waals surface area contributed by atoms with Gasteiger partial charge in [0.25, 0.3) is 5.56 Å². The van der Waals surface area contributed by atoms with Gasteiger partial charge in [-0.2, -0.15) is 10.2 Å². The summed E-state index contributed by atoms with van der Waals surface area (Å²) in [5.74, 6) is 0. The van der Waals surface area contributed by atoms with E-state index in [4.69, 9.17) is 4.74 Å². The molecular formula is C21H19N5O5S. The maximum atomic E-state index is 13.0. The van der Waals surface area contributed by atoms with Crippen LogP contribution in [0.2, 0.25) is 0 Å². The van der Waals surface area contributed by atoms with Crippen LogP contribution in [-0.4, -0.2) is 51.3 Å². The molecule has 32 heavy (non-hydrogen) atoms. The van der Waals surface area contributed by atoms with Crippen LogP contribution in [-0.2, 0) is 33.8 Å². The first-order valence-electron chi connectivity index (χ1n) is 9.76. The number of aromatic nitrogens is 5. The van der Waals surface area contributed by atoms with Crippen LogP contribution in [0.15, 0.2) is 69.6 Å². The van der Waals surface area contributed by atoms with E-state index in [1.807, 2.05) is 0 Å². The van der Waals surface area contributed by atoms with Crippen LogP contribution in [0.1, 0.15) is 11.4 Å². The maximum Gasteiger partial charge on any atom is 0.274 e. The number of nitrogens with zero attached hydrogens (tertiary/aromatic N) is 5. The minimum atomic E-state index is -3.76. The summed E-state index contributed by atoms with van der Waals surface area (Å²) in [6.45, 7) is 0.471. The molecule has 0 atom stereocenters. The number of fused-ring (bicyclic) bond motifs is 1. The van der Waals surface area contributed by atoms with E-state index in [9.17, 15) is 18.3 Å². The lowest BCUT2D eigenvalue weighted by molar-refractivity contribution is -0.186. The van der Waals surface area contributed by atoms with E-state index in [1.165, 1.54) is 46.2 Å². The summed E-state index contributed by atoms with van der Waals surface area (Å²) in [4.78, 5) is 17.5. The molecule has 1 fully saturated rings. The monoisotopic (exact) mass is 453 g/mol. The molecule has 4 aromatic rings. The first-order chi connectivity index (χ1) is 15.3. The van der Waals surface area contributed by atoms with Crippen LogP contribution in [0.3, 0.4) is 0 Å². The number of sulfone groups is 1. The van der Waals surface area contributed by atoms with Crippen molar-refractivity contribution < 1.29 is 18.3 Å². The molecule has 1 N–H and O–H groups in total. The number of ether oxygens (including phenoxy) is 1. The van der Waals surface area contributed by atoms with Crippen molar-refractivity contribution in [3.05, 3.63) is 76.7 Å². The molecule has 0 bridgehead atoms. The van der Waals surface area contributed by atoms with Crippen molar-refractivity contribution in [2.24, 2.45) is 7.05 Å². The number of rotatable bonds is 5. The van der Waals surface area contributed by atoms with Gasteiger partial charge in [-0.1, -0.05) is 6.07 Å². The van der Waals surface area contributed by atoms with Crippen molar-refractivity contribution in [3.8, 4) is 0 Å². The number of pyridine rings is 1. The van der Waals surface area contributed by atoms with Gasteiger partial charge in [-0.3, -0.25) is 14.5 Å². The molecule has 164 valence electrons. The molecule has 0 amide bonds. The lowest BCUT2D eigenvalue weighted by Crippen LogP contribution is -2.47. The van der Waals surface area contributed by atoms with Crippen molar-refractivity contribution in [1.29, 1.82) is 0 Å². The second-order valence-corrected chi connectivity index (χ2v) is 9.70. The Labute approximate surface area is 182 Å². The van der Waals surface area contributed by atoms with Crippen molar-refractivity contribution in [2.75, 3.05) is 13.2 Å². The predicted octanol–water partition coefficient (Wildman–Crippen LogP) is 0.624. The number of aryl methyl sites for hydroxylation is 1. The van der Waals surface area contributed by atoms with Crippen molar-refractivity contribution in [1.82, 2.24) is 24.5 Å². The molecule has 3 aromatic heterocycles. The molecule has 5 rings (SSSR count). The van der Waals surface area contributed by atoms with Crippen LogP contribution in [0, 0.1) is 0 Å². The molecule has 1 aromatic carbocycles. The SMILES string of the molecule is Cn1cc(S(=O)(=O)c2ccc3c(=O)n(Cc4cccc(C5(O)COC5)n4)ncc3c2)cn1. The summed E-state index contributed by atoms with van der Waals surface area (Å²) in [6.07, 6.45) is 4.16. The number of hydrogen-bond acceptors (Lipinski definition) is 8. The van der Waals surface area contributed by atoms with Crippen molar-refractivity contribution >= 4 is 20.6 Å². The topological polar surface area (TPSA) is 129 Å². The average molecular weight is 453 g/mol. The number of hydrogen-bond donors (Lipinski definition) is 1. The van der Waals surface area contributed by atoms with E-state index in [1.54, 1.807) is 25.2 Å². The fourth-order valence-electron chi connectivity index (χ4n) is 3.54. The Morgan fingerprint density at radius 3 is 2.62 bits per heavy atom. The maximum absolute atomic E-state index is 13.0. The quantitative estimate of drug-likeness (QED) is 0.466. The van der Waals surface area contributed by atoms with Crippen molar-refractivity contribution in [2.45, 2.75) is 21.9 Å². The standard InChI is InChI=1S/C21H19N5O5S/c1-25-11-17(9-22-25)32(29,30)16-5-6-18-14(7-16)8-23-26(20(18)27)10-15-3-2-4-19(24-15)21(28)12-31-13-21/h2-9,11,28H,10,12-13H2,1H3. The fourth-order valence-corrected chi connectivity index (χ4v) is 4.82. The lowest BCUT2D eigenvalue weighted by atomic mass is 9.97. The van der Waals surface area contributed by atoms with Gasteiger partial charge in [0.1, 0.15) is 4.90 Å². The fraction of sp³-hybridized carbons (Fsp3) is 0.238. The van der Waals surface area contributed by atoms with E-state index >= 15 is 0 Å². The summed E-state index contributed by atoms with van der Waals surface area (Å²) in [5.41, 5.74) is -0.424. The lowest BCUT2D eigenvalue weighted by Gasteiger charge is -2.35. The zero-order valence-corrected chi connectivity index (χ0v) is 17.9. The highest BCUT2D eigenvalue weighted by molar-refractivity contribution is 7.91. The van der Waals surface area contributed by atoms with Gasteiger partial charge in [-0.15, -0.1) is 0 Å². The molecule has 0 aliphatic carbocycles. The Hall–Kier alpha value is -3.41. The molecule has 4 heterocycles. The van der Waals surface area contributed by atoms with E-state index in [0.29, 0.717) is 22.2 Å². The highest BCUT2D eigenvalue weighted by Gasteiger charge is 2.39. The van der Waals surface area contributed by atoms with Crippen LogP contribution in [0.4, 0.5) is 0 Å². The van der Waals surface area contributed by atoms with Gasteiger partial charge < -0.3 is 9.84 Å². The molecule has 0 unspecified atom stereocenters. The van der Waals surface area contributed by atoms with Crippen LogP contribution in [0.5, 0.6) is 0 Å². The van der Waals surface area contributed by atoms with Gasteiger partial charge in [-0.05, 0) is 30.3 Å².